The molecule has 0 amide bonds. The van der Waals surface area contributed by atoms with Gasteiger partial charge >= 0.3 is 0 Å². The Bertz CT molecular complexity index is 1660. The predicted octanol–water partition coefficient (Wildman–Crippen LogP) is 15.5. The van der Waals surface area contributed by atoms with Crippen LogP contribution in [0.3, 0.4) is 0 Å². The van der Waals surface area contributed by atoms with E-state index >= 15 is 0 Å². The first-order chi connectivity index (χ1) is 23.9. The molecule has 0 saturated carbocycles. The van der Waals surface area contributed by atoms with Gasteiger partial charge < -0.3 is 0 Å². The minimum absolute atomic E-state index is 0.142. The summed E-state index contributed by atoms with van der Waals surface area (Å²) in [5.74, 6) is 1.03. The third kappa shape index (κ3) is 12.8. The standard InChI is InChI=1S/C45H52S.2C2H6/c1-32(2)30-34(4)44(41-28-24-39(25-29-41)37-18-13-10-14-19-37)43(46)21-15-20-42(33(3)31-35(5)45(6,7)8)40-26-22-38(23-27-40)36-16-11-9-12-17-36;2*1-2/h9-16,18-31,33,36,42,46H,17H2,1-8H3;2*1-2H3/b20-15+,35-31+,43-21-,44-34+;;. The molecule has 0 aromatic heterocycles. The summed E-state index contributed by atoms with van der Waals surface area (Å²) in [6.07, 6.45) is 21.4. The fourth-order valence-corrected chi connectivity index (χ4v) is 6.42. The normalized spacial score (nSPS) is 16.4. The zero-order valence-corrected chi connectivity index (χ0v) is 34.0. The van der Waals surface area contributed by atoms with Crippen molar-refractivity contribution in [3.8, 4) is 11.1 Å². The van der Waals surface area contributed by atoms with E-state index in [1.165, 1.54) is 44.5 Å². The fourth-order valence-electron chi connectivity index (χ4n) is 6.02. The summed E-state index contributed by atoms with van der Waals surface area (Å²) >= 11 is 5.10. The molecule has 3 aromatic carbocycles. The number of allylic oxidation sites excluding steroid dienone is 13. The van der Waals surface area contributed by atoms with Gasteiger partial charge in [-0.05, 0) is 90.5 Å². The molecule has 1 heteroatoms. The minimum atomic E-state index is 0.142. The van der Waals surface area contributed by atoms with E-state index in [-0.39, 0.29) is 11.3 Å². The number of thiol groups is 1. The van der Waals surface area contributed by atoms with Gasteiger partial charge in [-0.15, -0.1) is 12.6 Å². The lowest BCUT2D eigenvalue weighted by molar-refractivity contribution is 0.492. The topological polar surface area (TPSA) is 0 Å². The lowest BCUT2D eigenvalue weighted by Crippen LogP contribution is -2.11. The lowest BCUT2D eigenvalue weighted by Gasteiger charge is -2.25. The average molecular weight is 685 g/mol. The van der Waals surface area contributed by atoms with Crippen LogP contribution in [0.1, 0.15) is 118 Å². The summed E-state index contributed by atoms with van der Waals surface area (Å²) in [5, 5.41) is 0. The SMILES string of the molecule is CC.CC.CC(C)=C/C(C)=C(/C(S)=C/C=C/C(c1ccc(C2C=CC=CC2)cc1)C(C)/C=C(\C)C(C)(C)C)c1ccc(-c2ccccc2)cc1. The first kappa shape index (κ1) is 42.4. The summed E-state index contributed by atoms with van der Waals surface area (Å²) in [6.45, 7) is 26.0. The summed E-state index contributed by atoms with van der Waals surface area (Å²) in [5.41, 5.74) is 11.5. The molecule has 0 bridgehead atoms. The molecule has 50 heavy (non-hydrogen) atoms. The molecule has 0 spiro atoms. The van der Waals surface area contributed by atoms with Gasteiger partial charge in [0.25, 0.3) is 0 Å². The van der Waals surface area contributed by atoms with Gasteiger partial charge in [0, 0.05) is 16.7 Å². The highest BCUT2D eigenvalue weighted by atomic mass is 32.1. The molecule has 0 heterocycles. The smallest absolute Gasteiger partial charge is 0.0121 e. The molecule has 0 radical (unpaired) electrons. The largest absolute Gasteiger partial charge is 0.143 e. The molecule has 0 N–H and O–H groups in total. The van der Waals surface area contributed by atoms with E-state index in [4.69, 9.17) is 12.6 Å². The molecule has 1 aliphatic carbocycles. The van der Waals surface area contributed by atoms with Crippen LogP contribution in [0.25, 0.3) is 16.7 Å². The van der Waals surface area contributed by atoms with Gasteiger partial charge in [-0.1, -0.05) is 194 Å². The van der Waals surface area contributed by atoms with Crippen LogP contribution in [-0.4, -0.2) is 0 Å². The predicted molar refractivity (Wildman–Crippen MR) is 230 cm³/mol. The van der Waals surface area contributed by atoms with E-state index in [1.807, 2.05) is 27.7 Å². The highest BCUT2D eigenvalue weighted by molar-refractivity contribution is 7.85. The molecule has 3 aromatic rings. The van der Waals surface area contributed by atoms with Crippen LogP contribution in [0.2, 0.25) is 0 Å². The maximum absolute atomic E-state index is 5.10. The first-order valence-electron chi connectivity index (χ1n) is 18.7. The van der Waals surface area contributed by atoms with Crippen LogP contribution >= 0.6 is 12.6 Å². The highest BCUT2D eigenvalue weighted by Gasteiger charge is 2.20. The van der Waals surface area contributed by atoms with Crippen molar-refractivity contribution < 1.29 is 0 Å². The monoisotopic (exact) mass is 684 g/mol. The van der Waals surface area contributed by atoms with Crippen molar-refractivity contribution in [2.75, 3.05) is 0 Å². The Labute approximate surface area is 312 Å². The van der Waals surface area contributed by atoms with Crippen LogP contribution in [0.4, 0.5) is 0 Å². The van der Waals surface area contributed by atoms with Crippen molar-refractivity contribution in [1.29, 1.82) is 0 Å². The zero-order valence-electron chi connectivity index (χ0n) is 33.1. The second-order valence-corrected chi connectivity index (χ2v) is 14.4. The van der Waals surface area contributed by atoms with Crippen molar-refractivity contribution in [2.24, 2.45) is 11.3 Å². The Morgan fingerprint density at radius 2 is 1.38 bits per heavy atom. The van der Waals surface area contributed by atoms with E-state index in [9.17, 15) is 0 Å². The maximum atomic E-state index is 5.10. The van der Waals surface area contributed by atoms with E-state index in [1.54, 1.807) is 0 Å². The number of hydrogen-bond donors (Lipinski definition) is 1. The average Bonchev–Trinajstić information content (AvgIpc) is 3.12. The second-order valence-electron chi connectivity index (χ2n) is 14.0. The fraction of sp³-hybridized carbons (Fsp3) is 0.347. The molecular formula is C49H64S. The number of rotatable bonds is 10. The van der Waals surface area contributed by atoms with Gasteiger partial charge in [-0.3, -0.25) is 0 Å². The maximum Gasteiger partial charge on any atom is 0.0121 e. The van der Waals surface area contributed by atoms with E-state index in [0.717, 1.165) is 16.9 Å². The summed E-state index contributed by atoms with van der Waals surface area (Å²) in [6, 6.07) is 28.7. The van der Waals surface area contributed by atoms with Crippen molar-refractivity contribution in [3.05, 3.63) is 172 Å². The minimum Gasteiger partial charge on any atom is -0.143 e. The van der Waals surface area contributed by atoms with Crippen LogP contribution < -0.4 is 0 Å². The van der Waals surface area contributed by atoms with Crippen molar-refractivity contribution in [2.45, 2.75) is 101 Å². The van der Waals surface area contributed by atoms with E-state index in [0.29, 0.717) is 11.8 Å². The Morgan fingerprint density at radius 3 is 1.92 bits per heavy atom. The first-order valence-corrected chi connectivity index (χ1v) is 19.1. The molecule has 4 rings (SSSR count). The van der Waals surface area contributed by atoms with Gasteiger partial charge in [0.15, 0.2) is 0 Å². The Morgan fingerprint density at radius 1 is 0.780 bits per heavy atom. The molecule has 0 nitrogen and oxygen atoms in total. The van der Waals surface area contributed by atoms with E-state index in [2.05, 4.69) is 189 Å². The van der Waals surface area contributed by atoms with Crippen molar-refractivity contribution in [3.63, 3.8) is 0 Å². The lowest BCUT2D eigenvalue weighted by atomic mass is 9.80. The Balaban J connectivity index is 0.00000209. The highest BCUT2D eigenvalue weighted by Crippen LogP contribution is 2.35. The quantitative estimate of drug-likeness (QED) is 0.123. The van der Waals surface area contributed by atoms with Crippen LogP contribution in [0.5, 0.6) is 0 Å². The van der Waals surface area contributed by atoms with E-state index < -0.39 is 0 Å². The van der Waals surface area contributed by atoms with Gasteiger partial charge in [-0.25, -0.2) is 0 Å². The molecule has 0 aliphatic heterocycles. The molecular weight excluding hydrogens is 621 g/mol. The molecule has 0 fully saturated rings. The third-order valence-electron chi connectivity index (χ3n) is 9.00. The van der Waals surface area contributed by atoms with Crippen molar-refractivity contribution in [1.82, 2.24) is 0 Å². The van der Waals surface area contributed by atoms with Gasteiger partial charge in [0.05, 0.1) is 0 Å². The van der Waals surface area contributed by atoms with Crippen LogP contribution in [0, 0.1) is 11.3 Å². The van der Waals surface area contributed by atoms with Gasteiger partial charge in [0.1, 0.15) is 0 Å². The third-order valence-corrected chi connectivity index (χ3v) is 9.37. The van der Waals surface area contributed by atoms with Gasteiger partial charge in [-0.2, -0.15) is 0 Å². The molecule has 1 aliphatic rings. The van der Waals surface area contributed by atoms with Gasteiger partial charge in [0.2, 0.25) is 0 Å². The van der Waals surface area contributed by atoms with Crippen molar-refractivity contribution >= 4 is 18.2 Å². The Kier molecular flexibility index (Phi) is 18.1. The summed E-state index contributed by atoms with van der Waals surface area (Å²) in [7, 11) is 0. The van der Waals surface area contributed by atoms with Crippen LogP contribution in [-0.2, 0) is 0 Å². The molecule has 0 saturated heterocycles. The zero-order chi connectivity index (χ0) is 37.3. The molecule has 3 unspecified atom stereocenters. The van der Waals surface area contributed by atoms with Crippen LogP contribution in [0.15, 0.2) is 155 Å². The molecule has 266 valence electrons. The Hall–Kier alpha value is -3.81. The summed E-state index contributed by atoms with van der Waals surface area (Å²) in [4.78, 5) is 0.957. The molecule has 3 atom stereocenters. The number of hydrogen-bond acceptors (Lipinski definition) is 1. The summed E-state index contributed by atoms with van der Waals surface area (Å²) < 4.78 is 0. The number of benzene rings is 3. The second kappa shape index (κ2) is 21.4.